The van der Waals surface area contributed by atoms with Gasteiger partial charge in [0.15, 0.2) is 0 Å². The molecule has 1 N–H and O–H groups in total. The van der Waals surface area contributed by atoms with E-state index in [2.05, 4.69) is 5.32 Å². The van der Waals surface area contributed by atoms with E-state index in [-0.39, 0.29) is 11.2 Å². The van der Waals surface area contributed by atoms with E-state index in [0.717, 1.165) is 0 Å². The normalized spacial score (nSPS) is 11.8. The third-order valence-electron chi connectivity index (χ3n) is 6.43. The zero-order valence-electron chi connectivity index (χ0n) is 22.9. The van der Waals surface area contributed by atoms with Crippen LogP contribution in [0.4, 0.5) is 16.2 Å². The quantitative estimate of drug-likeness (QED) is 0.224. The molecule has 1 atom stereocenters. The summed E-state index contributed by atoms with van der Waals surface area (Å²) in [5, 5.41) is 14.3. The van der Waals surface area contributed by atoms with Crippen molar-refractivity contribution < 1.29 is 14.5 Å². The van der Waals surface area contributed by atoms with Gasteiger partial charge in [0.2, 0.25) is 0 Å². The van der Waals surface area contributed by atoms with Crippen molar-refractivity contribution in [2.45, 2.75) is 19.9 Å². The number of nitro groups is 1. The lowest BCUT2D eigenvalue weighted by molar-refractivity contribution is -0.384. The number of likely N-dealkylation sites (N-methyl/N-ethyl adjacent to an activating group) is 1. The lowest BCUT2D eigenvalue weighted by Crippen LogP contribution is -2.43. The molecular formula is C29H32N6O5. The molecule has 2 amide bonds. The Hall–Kier alpha value is -4.77. The molecule has 4 aromatic rings. The molecule has 0 radical (unpaired) electrons. The number of aromatic nitrogens is 2. The highest BCUT2D eigenvalue weighted by Crippen LogP contribution is 2.25. The summed E-state index contributed by atoms with van der Waals surface area (Å²) in [7, 11) is 3.81. The fourth-order valence-electron chi connectivity index (χ4n) is 4.32. The van der Waals surface area contributed by atoms with Gasteiger partial charge in [0.25, 0.3) is 11.2 Å². The first-order valence-electron chi connectivity index (χ1n) is 12.9. The third kappa shape index (κ3) is 6.26. The average molecular weight is 545 g/mol. The average Bonchev–Trinajstić information content (AvgIpc) is 2.94. The number of carbonyl (C=O) groups excluding carboxylic acids is 1. The molecule has 0 fully saturated rings. The number of ether oxygens (including phenoxy) is 1. The van der Waals surface area contributed by atoms with Crippen LogP contribution >= 0.6 is 0 Å². The summed E-state index contributed by atoms with van der Waals surface area (Å²) in [6.07, 6.45) is 0. The molecule has 3 aromatic carbocycles. The van der Waals surface area contributed by atoms with Crippen LogP contribution in [0.1, 0.15) is 25.7 Å². The van der Waals surface area contributed by atoms with E-state index in [4.69, 9.17) is 9.72 Å². The van der Waals surface area contributed by atoms with Crippen LogP contribution in [-0.4, -0.2) is 64.1 Å². The summed E-state index contributed by atoms with van der Waals surface area (Å²) in [5.41, 5.74) is 1.21. The molecular weight excluding hydrogens is 512 g/mol. The molecule has 40 heavy (non-hydrogen) atoms. The first-order chi connectivity index (χ1) is 19.2. The van der Waals surface area contributed by atoms with Gasteiger partial charge in [-0.3, -0.25) is 19.5 Å². The molecule has 0 spiro atoms. The summed E-state index contributed by atoms with van der Waals surface area (Å²) in [6, 6.07) is 18.9. The minimum Gasteiger partial charge on any atom is -0.494 e. The van der Waals surface area contributed by atoms with Crippen LogP contribution in [0.3, 0.4) is 0 Å². The Kier molecular flexibility index (Phi) is 8.75. The summed E-state index contributed by atoms with van der Waals surface area (Å²) >= 11 is 0. The Labute approximate surface area is 231 Å². The maximum Gasteiger partial charge on any atom is 0.322 e. The van der Waals surface area contributed by atoms with Crippen LogP contribution in [0, 0.1) is 10.1 Å². The van der Waals surface area contributed by atoms with Gasteiger partial charge in [0.05, 0.1) is 34.2 Å². The second-order valence-corrected chi connectivity index (χ2v) is 9.46. The Bertz CT molecular complexity index is 1550. The van der Waals surface area contributed by atoms with Gasteiger partial charge in [-0.25, -0.2) is 9.78 Å². The summed E-state index contributed by atoms with van der Waals surface area (Å²) in [5.74, 6) is 1.07. The Morgan fingerprint density at radius 2 is 1.73 bits per heavy atom. The van der Waals surface area contributed by atoms with E-state index in [1.165, 1.54) is 28.8 Å². The molecule has 0 aliphatic heterocycles. The van der Waals surface area contributed by atoms with Gasteiger partial charge < -0.3 is 19.9 Å². The van der Waals surface area contributed by atoms with E-state index in [0.29, 0.717) is 53.5 Å². The van der Waals surface area contributed by atoms with Crippen molar-refractivity contribution in [3.05, 3.63) is 99.1 Å². The van der Waals surface area contributed by atoms with Crippen LogP contribution in [0.5, 0.6) is 5.75 Å². The zero-order chi connectivity index (χ0) is 28.8. The van der Waals surface area contributed by atoms with Crippen LogP contribution in [-0.2, 0) is 0 Å². The number of para-hydroxylation sites is 1. The fraction of sp³-hybridized carbons (Fsp3) is 0.276. The predicted octanol–water partition coefficient (Wildman–Crippen LogP) is 4.85. The predicted molar refractivity (Wildman–Crippen MR) is 154 cm³/mol. The van der Waals surface area contributed by atoms with Gasteiger partial charge in [-0.05, 0) is 76.5 Å². The van der Waals surface area contributed by atoms with Crippen molar-refractivity contribution in [2.75, 3.05) is 39.1 Å². The van der Waals surface area contributed by atoms with E-state index >= 15 is 0 Å². The summed E-state index contributed by atoms with van der Waals surface area (Å²) in [6.45, 7) is 5.13. The Morgan fingerprint density at radius 1 is 1.05 bits per heavy atom. The second-order valence-electron chi connectivity index (χ2n) is 9.46. The number of amides is 2. The van der Waals surface area contributed by atoms with Gasteiger partial charge in [-0.15, -0.1) is 0 Å². The number of benzene rings is 3. The van der Waals surface area contributed by atoms with Crippen molar-refractivity contribution in [1.29, 1.82) is 0 Å². The number of rotatable bonds is 10. The largest absolute Gasteiger partial charge is 0.494 e. The lowest BCUT2D eigenvalue weighted by atomic mass is 10.2. The minimum absolute atomic E-state index is 0.0735. The third-order valence-corrected chi connectivity index (χ3v) is 6.43. The number of fused-ring (bicyclic) bond motifs is 1. The summed E-state index contributed by atoms with van der Waals surface area (Å²) in [4.78, 5) is 46.3. The maximum atomic E-state index is 13.8. The van der Waals surface area contributed by atoms with E-state index in [1.807, 2.05) is 38.9 Å². The van der Waals surface area contributed by atoms with Gasteiger partial charge in [0.1, 0.15) is 11.6 Å². The molecule has 1 aromatic heterocycles. The van der Waals surface area contributed by atoms with Crippen molar-refractivity contribution >= 4 is 28.3 Å². The topological polar surface area (TPSA) is 123 Å². The number of hydrogen-bond donors (Lipinski definition) is 1. The van der Waals surface area contributed by atoms with Gasteiger partial charge in [-0.1, -0.05) is 12.1 Å². The van der Waals surface area contributed by atoms with Gasteiger partial charge in [-0.2, -0.15) is 0 Å². The number of carbonyl (C=O) groups is 1. The SMILES string of the molecule is CCOc1ccc(-n2c(C(C)N(CCN(C)C)C(=O)Nc3ccc([N+](=O)[O-])cc3)nc3ccccc3c2=O)cc1. The Morgan fingerprint density at radius 3 is 2.35 bits per heavy atom. The molecule has 208 valence electrons. The first kappa shape index (κ1) is 28.2. The number of urea groups is 1. The molecule has 0 bridgehead atoms. The van der Waals surface area contributed by atoms with Gasteiger partial charge in [0, 0.05) is 30.9 Å². The standard InChI is InChI=1S/C29H32N6O5/c1-5-40-24-16-14-22(15-17-24)34-27(31-26-9-7-6-8-25(26)28(34)36)20(2)33(19-18-32(3)4)29(37)30-21-10-12-23(13-11-21)35(38)39/h6-17,20H,5,18-19H2,1-4H3,(H,30,37). The number of nitrogens with zero attached hydrogens (tertiary/aromatic N) is 5. The fourth-order valence-corrected chi connectivity index (χ4v) is 4.32. The molecule has 11 heteroatoms. The number of nitro benzene ring substituents is 1. The number of nitrogens with one attached hydrogen (secondary N) is 1. The zero-order valence-corrected chi connectivity index (χ0v) is 22.9. The van der Waals surface area contributed by atoms with Crippen molar-refractivity contribution in [3.8, 4) is 11.4 Å². The van der Waals surface area contributed by atoms with Crippen molar-refractivity contribution in [2.24, 2.45) is 0 Å². The summed E-state index contributed by atoms with van der Waals surface area (Å²) < 4.78 is 7.10. The molecule has 4 rings (SSSR count). The van der Waals surface area contributed by atoms with Crippen molar-refractivity contribution in [1.82, 2.24) is 19.4 Å². The highest BCUT2D eigenvalue weighted by molar-refractivity contribution is 5.89. The van der Waals surface area contributed by atoms with Crippen LogP contribution < -0.4 is 15.6 Å². The molecule has 0 saturated heterocycles. The monoisotopic (exact) mass is 544 g/mol. The molecule has 0 saturated carbocycles. The van der Waals surface area contributed by atoms with Crippen molar-refractivity contribution in [3.63, 3.8) is 0 Å². The molecule has 0 aliphatic carbocycles. The molecule has 0 aliphatic rings. The molecule has 1 unspecified atom stereocenters. The maximum absolute atomic E-state index is 13.8. The molecule has 11 nitrogen and oxygen atoms in total. The second kappa shape index (κ2) is 12.4. The van der Waals surface area contributed by atoms with E-state index < -0.39 is 17.0 Å². The number of hydrogen-bond acceptors (Lipinski definition) is 7. The van der Waals surface area contributed by atoms with Gasteiger partial charge >= 0.3 is 6.03 Å². The highest BCUT2D eigenvalue weighted by Gasteiger charge is 2.27. The van der Waals surface area contributed by atoms with E-state index in [1.54, 1.807) is 47.4 Å². The van der Waals surface area contributed by atoms with Crippen LogP contribution in [0.15, 0.2) is 77.6 Å². The highest BCUT2D eigenvalue weighted by atomic mass is 16.6. The lowest BCUT2D eigenvalue weighted by Gasteiger charge is -2.31. The van der Waals surface area contributed by atoms with Crippen LogP contribution in [0.2, 0.25) is 0 Å². The Balaban J connectivity index is 1.78. The number of non-ortho nitro benzene ring substituents is 1. The van der Waals surface area contributed by atoms with E-state index in [9.17, 15) is 19.7 Å². The number of anilines is 1. The smallest absolute Gasteiger partial charge is 0.322 e. The molecule has 1 heterocycles. The minimum atomic E-state index is -0.623. The first-order valence-corrected chi connectivity index (χ1v) is 12.9. The van der Waals surface area contributed by atoms with Crippen LogP contribution in [0.25, 0.3) is 16.6 Å².